The van der Waals surface area contributed by atoms with Gasteiger partial charge >= 0.3 is 0 Å². The van der Waals surface area contributed by atoms with Crippen LogP contribution in [0.1, 0.15) is 43.0 Å². The number of amides is 1. The van der Waals surface area contributed by atoms with E-state index in [0.717, 1.165) is 17.4 Å². The van der Waals surface area contributed by atoms with Gasteiger partial charge in [-0.2, -0.15) is 0 Å². The van der Waals surface area contributed by atoms with Crippen LogP contribution in [-0.2, 0) is 0 Å². The summed E-state index contributed by atoms with van der Waals surface area (Å²) in [5, 5.41) is 2.89. The maximum Gasteiger partial charge on any atom is 0.252 e. The van der Waals surface area contributed by atoms with Crippen LogP contribution in [0.5, 0.6) is 0 Å². The van der Waals surface area contributed by atoms with Crippen molar-refractivity contribution in [3.05, 3.63) is 28.5 Å². The molecule has 1 rings (SSSR count). The van der Waals surface area contributed by atoms with Gasteiger partial charge in [-0.05, 0) is 28.4 Å². The molecule has 1 heterocycles. The molecule has 1 aromatic rings. The number of hydrogen-bond donors (Lipinski definition) is 1. The van der Waals surface area contributed by atoms with Crippen molar-refractivity contribution >= 4 is 21.8 Å². The summed E-state index contributed by atoms with van der Waals surface area (Å²) in [5.41, 5.74) is 0.602. The van der Waals surface area contributed by atoms with E-state index in [2.05, 4.69) is 33.2 Å². The summed E-state index contributed by atoms with van der Waals surface area (Å²) >= 11 is 3.29. The van der Waals surface area contributed by atoms with Crippen LogP contribution in [0.3, 0.4) is 0 Å². The third-order valence-electron chi connectivity index (χ3n) is 2.28. The molecular weight excluding hydrogens is 268 g/mol. The first-order valence-corrected chi connectivity index (χ1v) is 6.42. The molecule has 0 aliphatic carbocycles. The minimum Gasteiger partial charge on any atom is -0.352 e. The first kappa shape index (κ1) is 13.2. The van der Waals surface area contributed by atoms with Gasteiger partial charge in [-0.3, -0.25) is 9.78 Å². The Hall–Kier alpha value is -0.900. The van der Waals surface area contributed by atoms with Crippen molar-refractivity contribution in [1.29, 1.82) is 0 Å². The quantitative estimate of drug-likeness (QED) is 0.816. The highest BCUT2D eigenvalue weighted by molar-refractivity contribution is 9.10. The Morgan fingerprint density at radius 2 is 2.19 bits per heavy atom. The van der Waals surface area contributed by atoms with E-state index in [-0.39, 0.29) is 5.91 Å². The minimum atomic E-state index is -0.0506. The Morgan fingerprint density at radius 1 is 1.38 bits per heavy atom. The maximum atomic E-state index is 11.7. The average Bonchev–Trinajstić information content (AvgIpc) is 2.28. The van der Waals surface area contributed by atoms with E-state index in [1.165, 1.54) is 19.3 Å². The summed E-state index contributed by atoms with van der Waals surface area (Å²) in [6.07, 6.45) is 7.90. The van der Waals surface area contributed by atoms with Crippen LogP contribution < -0.4 is 5.32 Å². The Morgan fingerprint density at radius 3 is 2.88 bits per heavy atom. The monoisotopic (exact) mass is 284 g/mol. The largest absolute Gasteiger partial charge is 0.352 e. The van der Waals surface area contributed by atoms with E-state index in [0.29, 0.717) is 5.56 Å². The van der Waals surface area contributed by atoms with Gasteiger partial charge in [0.1, 0.15) is 0 Å². The van der Waals surface area contributed by atoms with E-state index in [4.69, 9.17) is 0 Å². The number of halogens is 1. The molecule has 0 radical (unpaired) electrons. The van der Waals surface area contributed by atoms with E-state index in [1.54, 1.807) is 18.5 Å². The molecule has 0 saturated heterocycles. The van der Waals surface area contributed by atoms with E-state index < -0.39 is 0 Å². The summed E-state index contributed by atoms with van der Waals surface area (Å²) in [6, 6.07) is 1.77. The van der Waals surface area contributed by atoms with E-state index in [1.807, 2.05) is 0 Å². The van der Waals surface area contributed by atoms with Crippen LogP contribution in [0, 0.1) is 0 Å². The molecule has 1 aromatic heterocycles. The Kier molecular flexibility index (Phi) is 6.08. The van der Waals surface area contributed by atoms with Crippen molar-refractivity contribution in [1.82, 2.24) is 10.3 Å². The van der Waals surface area contributed by atoms with Gasteiger partial charge in [-0.15, -0.1) is 0 Å². The normalized spacial score (nSPS) is 10.1. The molecule has 0 fully saturated rings. The van der Waals surface area contributed by atoms with Gasteiger partial charge in [0, 0.05) is 23.4 Å². The number of unbranched alkanes of at least 4 members (excludes halogenated alkanes) is 3. The molecule has 0 atom stereocenters. The van der Waals surface area contributed by atoms with Gasteiger partial charge in [0.05, 0.1) is 5.56 Å². The summed E-state index contributed by atoms with van der Waals surface area (Å²) in [6.45, 7) is 2.91. The maximum absolute atomic E-state index is 11.7. The Labute approximate surface area is 105 Å². The van der Waals surface area contributed by atoms with Gasteiger partial charge in [-0.25, -0.2) is 0 Å². The van der Waals surface area contributed by atoms with E-state index >= 15 is 0 Å². The lowest BCUT2D eigenvalue weighted by molar-refractivity contribution is 0.0952. The highest BCUT2D eigenvalue weighted by Crippen LogP contribution is 2.09. The average molecular weight is 285 g/mol. The topological polar surface area (TPSA) is 42.0 Å². The molecule has 0 bridgehead atoms. The standard InChI is InChI=1S/C12H17BrN2O/c1-2-3-4-5-6-15-12(16)10-7-11(13)9-14-8-10/h7-9H,2-6H2,1H3,(H,15,16). The molecule has 0 unspecified atom stereocenters. The molecule has 88 valence electrons. The van der Waals surface area contributed by atoms with Crippen LogP contribution in [0.4, 0.5) is 0 Å². The van der Waals surface area contributed by atoms with Gasteiger partial charge in [-0.1, -0.05) is 26.2 Å². The van der Waals surface area contributed by atoms with Gasteiger partial charge in [0.15, 0.2) is 0 Å². The number of carbonyl (C=O) groups is 1. The van der Waals surface area contributed by atoms with Crippen molar-refractivity contribution in [2.24, 2.45) is 0 Å². The number of nitrogens with one attached hydrogen (secondary N) is 1. The molecule has 0 spiro atoms. The second-order valence-corrected chi connectivity index (χ2v) is 4.62. The molecule has 1 N–H and O–H groups in total. The number of pyridine rings is 1. The molecule has 0 aliphatic heterocycles. The Balaban J connectivity index is 2.30. The smallest absolute Gasteiger partial charge is 0.252 e. The summed E-state index contributed by atoms with van der Waals surface area (Å²) in [4.78, 5) is 15.6. The van der Waals surface area contributed by atoms with Crippen LogP contribution in [0.25, 0.3) is 0 Å². The highest BCUT2D eigenvalue weighted by atomic mass is 79.9. The molecule has 0 aromatic carbocycles. The lowest BCUT2D eigenvalue weighted by Crippen LogP contribution is -2.24. The first-order chi connectivity index (χ1) is 7.74. The fraction of sp³-hybridized carbons (Fsp3) is 0.500. The van der Waals surface area contributed by atoms with Crippen molar-refractivity contribution in [3.63, 3.8) is 0 Å². The molecule has 16 heavy (non-hydrogen) atoms. The summed E-state index contributed by atoms with van der Waals surface area (Å²) in [5.74, 6) is -0.0506. The van der Waals surface area contributed by atoms with Crippen LogP contribution in [0.15, 0.2) is 22.9 Å². The SMILES string of the molecule is CCCCCCNC(=O)c1cncc(Br)c1. The number of aromatic nitrogens is 1. The van der Waals surface area contributed by atoms with E-state index in [9.17, 15) is 4.79 Å². The minimum absolute atomic E-state index is 0.0506. The lowest BCUT2D eigenvalue weighted by atomic mass is 10.2. The summed E-state index contributed by atoms with van der Waals surface area (Å²) in [7, 11) is 0. The Bertz CT molecular complexity index is 342. The van der Waals surface area contributed by atoms with Gasteiger partial charge < -0.3 is 5.32 Å². The predicted molar refractivity (Wildman–Crippen MR) is 68.4 cm³/mol. The zero-order valence-corrected chi connectivity index (χ0v) is 11.1. The van der Waals surface area contributed by atoms with Crippen LogP contribution in [0.2, 0.25) is 0 Å². The number of hydrogen-bond acceptors (Lipinski definition) is 2. The predicted octanol–water partition coefficient (Wildman–Crippen LogP) is 3.15. The number of rotatable bonds is 6. The first-order valence-electron chi connectivity index (χ1n) is 5.62. The highest BCUT2D eigenvalue weighted by Gasteiger charge is 2.04. The molecule has 4 heteroatoms. The number of nitrogens with zero attached hydrogens (tertiary/aromatic N) is 1. The van der Waals surface area contributed by atoms with Crippen molar-refractivity contribution in [2.45, 2.75) is 32.6 Å². The fourth-order valence-electron chi connectivity index (χ4n) is 1.39. The van der Waals surface area contributed by atoms with Crippen LogP contribution in [-0.4, -0.2) is 17.4 Å². The number of carbonyl (C=O) groups excluding carboxylic acids is 1. The van der Waals surface area contributed by atoms with Gasteiger partial charge in [0.2, 0.25) is 0 Å². The lowest BCUT2D eigenvalue weighted by Gasteiger charge is -2.04. The van der Waals surface area contributed by atoms with Crippen LogP contribution >= 0.6 is 15.9 Å². The fourth-order valence-corrected chi connectivity index (χ4v) is 1.76. The second kappa shape index (κ2) is 7.39. The third kappa shape index (κ3) is 4.75. The second-order valence-electron chi connectivity index (χ2n) is 3.71. The van der Waals surface area contributed by atoms with Crippen molar-refractivity contribution in [2.75, 3.05) is 6.54 Å². The zero-order valence-electron chi connectivity index (χ0n) is 9.50. The van der Waals surface area contributed by atoms with Crippen molar-refractivity contribution in [3.8, 4) is 0 Å². The van der Waals surface area contributed by atoms with Crippen molar-refractivity contribution < 1.29 is 4.79 Å². The third-order valence-corrected chi connectivity index (χ3v) is 2.72. The van der Waals surface area contributed by atoms with Gasteiger partial charge in [0.25, 0.3) is 5.91 Å². The summed E-state index contributed by atoms with van der Waals surface area (Å²) < 4.78 is 0.825. The molecule has 0 aliphatic rings. The molecule has 0 saturated carbocycles. The molecule has 3 nitrogen and oxygen atoms in total. The molecule has 1 amide bonds. The zero-order chi connectivity index (χ0) is 11.8. The molecular formula is C12H17BrN2O.